The number of hydrogen-bond donors (Lipinski definition) is 1. The van der Waals surface area contributed by atoms with Crippen LogP contribution >= 0.6 is 0 Å². The molecule has 0 aliphatic carbocycles. The Morgan fingerprint density at radius 1 is 1.26 bits per heavy atom. The number of nitrogens with one attached hydrogen (secondary N) is 1. The van der Waals surface area contributed by atoms with Crippen molar-refractivity contribution in [2.24, 2.45) is 5.92 Å². The zero-order chi connectivity index (χ0) is 13.7. The number of amides is 1. The molecular weight excluding hydrogens is 236 g/mol. The van der Waals surface area contributed by atoms with Gasteiger partial charge in [0.15, 0.2) is 0 Å². The van der Waals surface area contributed by atoms with Gasteiger partial charge in [0.2, 0.25) is 5.91 Å². The second-order valence-corrected chi connectivity index (χ2v) is 5.55. The fourth-order valence-corrected chi connectivity index (χ4v) is 2.59. The third-order valence-electron chi connectivity index (χ3n) is 4.11. The number of quaternary nitrogens is 1. The Morgan fingerprint density at radius 2 is 1.89 bits per heavy atom. The van der Waals surface area contributed by atoms with Gasteiger partial charge in [0.25, 0.3) is 0 Å². The minimum Gasteiger partial charge on any atom is -0.331 e. The first kappa shape index (κ1) is 14.1. The number of piperazine rings is 1. The Kier molecular flexibility index (Phi) is 4.97. The van der Waals surface area contributed by atoms with Crippen molar-refractivity contribution < 1.29 is 9.69 Å². The van der Waals surface area contributed by atoms with Crippen LogP contribution in [0.4, 0.5) is 0 Å². The molecule has 0 unspecified atom stereocenters. The zero-order valence-electron chi connectivity index (χ0n) is 12.1. The average molecular weight is 261 g/mol. The lowest BCUT2D eigenvalue weighted by Crippen LogP contribution is -3.13. The van der Waals surface area contributed by atoms with Gasteiger partial charge in [-0.1, -0.05) is 44.2 Å². The minimum atomic E-state index is 0.177. The average Bonchev–Trinajstić information content (AvgIpc) is 2.47. The van der Waals surface area contributed by atoms with Gasteiger partial charge < -0.3 is 9.80 Å². The largest absolute Gasteiger partial charge is 0.331 e. The van der Waals surface area contributed by atoms with Crippen molar-refractivity contribution in [1.29, 1.82) is 0 Å². The molecule has 1 aliphatic rings. The lowest BCUT2D eigenvalue weighted by molar-refractivity contribution is -0.917. The molecule has 3 heteroatoms. The number of rotatable bonds is 4. The van der Waals surface area contributed by atoms with Crippen LogP contribution in [-0.2, 0) is 11.3 Å². The maximum absolute atomic E-state index is 12.1. The van der Waals surface area contributed by atoms with Crippen LogP contribution < -0.4 is 4.90 Å². The lowest BCUT2D eigenvalue weighted by atomic mass is 10.1. The molecule has 1 amide bonds. The van der Waals surface area contributed by atoms with E-state index in [0.717, 1.165) is 39.1 Å². The molecule has 1 heterocycles. The third-order valence-corrected chi connectivity index (χ3v) is 4.11. The zero-order valence-corrected chi connectivity index (χ0v) is 12.1. The molecular formula is C16H25N2O+. The monoisotopic (exact) mass is 261 g/mol. The predicted octanol–water partition coefficient (Wildman–Crippen LogP) is 0.960. The predicted molar refractivity (Wildman–Crippen MR) is 76.9 cm³/mol. The van der Waals surface area contributed by atoms with Crippen LogP contribution in [0.1, 0.15) is 25.8 Å². The first-order chi connectivity index (χ1) is 9.20. The van der Waals surface area contributed by atoms with Gasteiger partial charge in [-0.2, -0.15) is 0 Å². The van der Waals surface area contributed by atoms with Gasteiger partial charge in [0.05, 0.1) is 26.2 Å². The molecule has 1 fully saturated rings. The highest BCUT2D eigenvalue weighted by Crippen LogP contribution is 2.06. The highest BCUT2D eigenvalue weighted by Gasteiger charge is 2.25. The van der Waals surface area contributed by atoms with Crippen molar-refractivity contribution in [3.63, 3.8) is 0 Å². The van der Waals surface area contributed by atoms with Crippen LogP contribution in [0, 0.1) is 5.92 Å². The normalized spacial score (nSPS) is 18.3. The first-order valence-electron chi connectivity index (χ1n) is 7.37. The molecule has 1 aromatic rings. The molecule has 0 spiro atoms. The summed E-state index contributed by atoms with van der Waals surface area (Å²) < 4.78 is 0. The lowest BCUT2D eigenvalue weighted by Gasteiger charge is -2.33. The number of benzene rings is 1. The number of hydrogen-bond acceptors (Lipinski definition) is 1. The first-order valence-corrected chi connectivity index (χ1v) is 7.37. The van der Waals surface area contributed by atoms with Gasteiger partial charge in [0, 0.05) is 11.5 Å². The smallest absolute Gasteiger partial charge is 0.225 e. The third kappa shape index (κ3) is 3.80. The summed E-state index contributed by atoms with van der Waals surface area (Å²) in [6, 6.07) is 10.6. The van der Waals surface area contributed by atoms with Crippen molar-refractivity contribution in [3.8, 4) is 0 Å². The standard InChI is InChI=1S/C16H24N2O/c1-3-14(2)16(19)18-11-9-17(10-12-18)13-15-7-5-4-6-8-15/h4-8,14H,3,9-13H2,1-2H3/p+1/t14-/m1/s1. The molecule has 0 radical (unpaired) electrons. The SMILES string of the molecule is CC[C@@H](C)C(=O)N1CC[NH+](Cc2ccccc2)CC1. The van der Waals surface area contributed by atoms with E-state index in [9.17, 15) is 4.79 Å². The summed E-state index contributed by atoms with van der Waals surface area (Å²) in [5.41, 5.74) is 1.39. The number of carbonyl (C=O) groups excluding carboxylic acids is 1. The van der Waals surface area contributed by atoms with Gasteiger partial charge in [-0.25, -0.2) is 0 Å². The van der Waals surface area contributed by atoms with Crippen molar-refractivity contribution in [1.82, 2.24) is 4.90 Å². The molecule has 0 bridgehead atoms. The molecule has 1 N–H and O–H groups in total. The summed E-state index contributed by atoms with van der Waals surface area (Å²) in [5.74, 6) is 0.511. The molecule has 3 nitrogen and oxygen atoms in total. The van der Waals surface area contributed by atoms with Crippen LogP contribution in [0.25, 0.3) is 0 Å². The Balaban J connectivity index is 1.81. The summed E-state index contributed by atoms with van der Waals surface area (Å²) in [5, 5.41) is 0. The summed E-state index contributed by atoms with van der Waals surface area (Å²) in [6.45, 7) is 9.14. The maximum Gasteiger partial charge on any atom is 0.225 e. The second-order valence-electron chi connectivity index (χ2n) is 5.55. The Labute approximate surface area is 116 Å². The maximum atomic E-state index is 12.1. The minimum absolute atomic E-state index is 0.177. The molecule has 1 saturated heterocycles. The molecule has 2 rings (SSSR count). The van der Waals surface area contributed by atoms with Crippen molar-refractivity contribution in [3.05, 3.63) is 35.9 Å². The van der Waals surface area contributed by atoms with E-state index in [1.807, 2.05) is 11.8 Å². The van der Waals surface area contributed by atoms with E-state index >= 15 is 0 Å². The number of carbonyl (C=O) groups is 1. The fourth-order valence-electron chi connectivity index (χ4n) is 2.59. The summed E-state index contributed by atoms with van der Waals surface area (Å²) in [4.78, 5) is 15.7. The number of nitrogens with zero attached hydrogens (tertiary/aromatic N) is 1. The van der Waals surface area contributed by atoms with Gasteiger partial charge in [-0.15, -0.1) is 0 Å². The molecule has 1 aromatic carbocycles. The summed E-state index contributed by atoms with van der Waals surface area (Å²) in [7, 11) is 0. The van der Waals surface area contributed by atoms with E-state index in [-0.39, 0.29) is 5.92 Å². The van der Waals surface area contributed by atoms with Crippen molar-refractivity contribution in [2.75, 3.05) is 26.2 Å². The second kappa shape index (κ2) is 6.71. The Morgan fingerprint density at radius 3 is 2.47 bits per heavy atom. The van der Waals surface area contributed by atoms with Crippen LogP contribution in [0.15, 0.2) is 30.3 Å². The molecule has 1 aliphatic heterocycles. The van der Waals surface area contributed by atoms with Crippen LogP contribution in [0.3, 0.4) is 0 Å². The highest BCUT2D eigenvalue weighted by molar-refractivity contribution is 5.78. The summed E-state index contributed by atoms with van der Waals surface area (Å²) in [6.07, 6.45) is 0.940. The van der Waals surface area contributed by atoms with Crippen molar-refractivity contribution >= 4 is 5.91 Å². The molecule has 0 saturated carbocycles. The molecule has 0 aromatic heterocycles. The van der Waals surface area contributed by atoms with Gasteiger partial charge in [0.1, 0.15) is 6.54 Å². The highest BCUT2D eigenvalue weighted by atomic mass is 16.2. The van der Waals surface area contributed by atoms with E-state index in [0.29, 0.717) is 5.91 Å². The van der Waals surface area contributed by atoms with Crippen molar-refractivity contribution in [2.45, 2.75) is 26.8 Å². The Bertz CT molecular complexity index is 396. The molecule has 104 valence electrons. The van der Waals surface area contributed by atoms with E-state index < -0.39 is 0 Å². The molecule has 19 heavy (non-hydrogen) atoms. The topological polar surface area (TPSA) is 24.8 Å². The van der Waals surface area contributed by atoms with E-state index in [1.165, 1.54) is 5.56 Å². The van der Waals surface area contributed by atoms with E-state index in [2.05, 4.69) is 37.3 Å². The summed E-state index contributed by atoms with van der Waals surface area (Å²) >= 11 is 0. The van der Waals surface area contributed by atoms with Crippen LogP contribution in [-0.4, -0.2) is 37.0 Å². The molecule has 1 atom stereocenters. The Hall–Kier alpha value is -1.35. The fraction of sp³-hybridized carbons (Fsp3) is 0.562. The van der Waals surface area contributed by atoms with Gasteiger partial charge in [-0.3, -0.25) is 4.79 Å². The van der Waals surface area contributed by atoms with E-state index in [1.54, 1.807) is 4.90 Å². The van der Waals surface area contributed by atoms with E-state index in [4.69, 9.17) is 0 Å². The van der Waals surface area contributed by atoms with Crippen LogP contribution in [0.2, 0.25) is 0 Å². The van der Waals surface area contributed by atoms with Gasteiger partial charge in [-0.05, 0) is 6.42 Å². The van der Waals surface area contributed by atoms with Crippen LogP contribution in [0.5, 0.6) is 0 Å². The quantitative estimate of drug-likeness (QED) is 0.858. The van der Waals surface area contributed by atoms with Gasteiger partial charge >= 0.3 is 0 Å².